The van der Waals surface area contributed by atoms with Crippen LogP contribution in [0.3, 0.4) is 0 Å². The molecule has 6 rings (SSSR count). The SMILES string of the molecule is CCCC(Br)C(Cl)C(CC(=O)O)c1cc2ccccc2[nH]1.O=C(O)CC(CCl)c1cc2cc(Br)ccc2[nH]1.O=C(O)Cc1c[nH]c2ccc(Br)c(Cl)c12. The molecule has 3 heterocycles. The fourth-order valence-corrected chi connectivity index (χ4v) is 8.34. The molecule has 0 bridgehead atoms. The van der Waals surface area contributed by atoms with Gasteiger partial charge in [0.15, 0.2) is 0 Å². The van der Waals surface area contributed by atoms with Gasteiger partial charge in [-0.1, -0.05) is 75.0 Å². The quantitative estimate of drug-likeness (QED) is 0.0632. The lowest BCUT2D eigenvalue weighted by Crippen LogP contribution is -2.25. The molecule has 53 heavy (non-hydrogen) atoms. The van der Waals surface area contributed by atoms with E-state index in [9.17, 15) is 19.5 Å². The van der Waals surface area contributed by atoms with Gasteiger partial charge in [0.1, 0.15) is 0 Å². The molecule has 3 aromatic carbocycles. The average Bonchev–Trinajstić information content (AvgIpc) is 3.84. The Labute approximate surface area is 346 Å². The van der Waals surface area contributed by atoms with E-state index in [1.165, 1.54) is 0 Å². The summed E-state index contributed by atoms with van der Waals surface area (Å²) in [5.41, 5.74) is 5.30. The Morgan fingerprint density at radius 3 is 2.09 bits per heavy atom. The van der Waals surface area contributed by atoms with Crippen molar-refractivity contribution in [3.8, 4) is 0 Å². The molecule has 4 atom stereocenters. The van der Waals surface area contributed by atoms with Crippen LogP contribution >= 0.6 is 82.6 Å². The highest BCUT2D eigenvalue weighted by atomic mass is 79.9. The van der Waals surface area contributed by atoms with Crippen molar-refractivity contribution >= 4 is 133 Å². The van der Waals surface area contributed by atoms with Crippen LogP contribution in [0, 0.1) is 0 Å². The second-order valence-electron chi connectivity index (χ2n) is 12.3. The first kappa shape index (κ1) is 42.7. The first-order valence-corrected chi connectivity index (χ1v) is 20.4. The summed E-state index contributed by atoms with van der Waals surface area (Å²) in [4.78, 5) is 42.2. The molecule has 6 aromatic rings. The van der Waals surface area contributed by atoms with Gasteiger partial charge < -0.3 is 30.3 Å². The van der Waals surface area contributed by atoms with Gasteiger partial charge >= 0.3 is 17.9 Å². The molecule has 0 aliphatic carbocycles. The third-order valence-corrected chi connectivity index (χ3v) is 12.5. The van der Waals surface area contributed by atoms with Crippen molar-refractivity contribution < 1.29 is 29.7 Å². The van der Waals surface area contributed by atoms with E-state index in [1.807, 2.05) is 66.7 Å². The molecule has 9 nitrogen and oxygen atoms in total. The molecule has 0 amide bonds. The Hall–Kier alpha value is -3.00. The van der Waals surface area contributed by atoms with Crippen LogP contribution in [0.4, 0.5) is 0 Å². The molecule has 15 heteroatoms. The highest BCUT2D eigenvalue weighted by Crippen LogP contribution is 2.36. The van der Waals surface area contributed by atoms with E-state index < -0.39 is 17.9 Å². The van der Waals surface area contributed by atoms with Crippen LogP contribution in [-0.2, 0) is 20.8 Å². The highest BCUT2D eigenvalue weighted by molar-refractivity contribution is 9.11. The average molecular weight is 978 g/mol. The molecule has 4 unspecified atom stereocenters. The number of carbonyl (C=O) groups is 3. The number of carboxylic acids is 3. The van der Waals surface area contributed by atoms with Crippen LogP contribution in [0.5, 0.6) is 0 Å². The van der Waals surface area contributed by atoms with Crippen molar-refractivity contribution in [2.75, 3.05) is 5.88 Å². The number of aromatic amines is 3. The summed E-state index contributed by atoms with van der Waals surface area (Å²) in [6.07, 6.45) is 3.63. The molecule has 6 N–H and O–H groups in total. The van der Waals surface area contributed by atoms with Crippen LogP contribution in [0.1, 0.15) is 61.4 Å². The number of aliphatic carboxylic acids is 3. The zero-order chi connectivity index (χ0) is 38.8. The summed E-state index contributed by atoms with van der Waals surface area (Å²) in [6, 6.07) is 21.4. The number of carboxylic acid groups (broad SMARTS) is 3. The molecule has 0 radical (unpaired) electrons. The maximum Gasteiger partial charge on any atom is 0.307 e. The van der Waals surface area contributed by atoms with Crippen molar-refractivity contribution in [1.82, 2.24) is 15.0 Å². The van der Waals surface area contributed by atoms with Crippen molar-refractivity contribution in [2.24, 2.45) is 0 Å². The van der Waals surface area contributed by atoms with Gasteiger partial charge in [0.2, 0.25) is 0 Å². The van der Waals surface area contributed by atoms with E-state index in [0.29, 0.717) is 16.5 Å². The molecule has 0 saturated carbocycles. The molecule has 0 fully saturated rings. The van der Waals surface area contributed by atoms with E-state index in [1.54, 1.807) is 6.20 Å². The lowest BCUT2D eigenvalue weighted by molar-refractivity contribution is -0.138. The minimum Gasteiger partial charge on any atom is -0.481 e. The molecule has 0 aliphatic heterocycles. The number of hydrogen-bond donors (Lipinski definition) is 6. The predicted octanol–water partition coefficient (Wildman–Crippen LogP) is 11.8. The lowest BCUT2D eigenvalue weighted by Gasteiger charge is -2.24. The van der Waals surface area contributed by atoms with Crippen molar-refractivity contribution in [2.45, 2.75) is 61.1 Å². The number of H-pyrrole nitrogens is 3. The maximum atomic E-state index is 11.2. The Morgan fingerprint density at radius 2 is 1.45 bits per heavy atom. The van der Waals surface area contributed by atoms with Crippen LogP contribution in [0.25, 0.3) is 32.7 Å². The summed E-state index contributed by atoms with van der Waals surface area (Å²) in [5.74, 6) is -2.67. The summed E-state index contributed by atoms with van der Waals surface area (Å²) in [6.45, 7) is 2.09. The fourth-order valence-electron chi connectivity index (χ4n) is 5.89. The number of nitrogens with one attached hydrogen (secondary N) is 3. The standard InChI is InChI=1S/C16H19BrClNO2.C12H11BrClNO2.C10H7BrClNO2/c1-2-5-12(17)16(18)11(9-15(20)21)14-8-10-6-3-4-7-13(10)19-14;13-9-1-2-10-7(3-9)4-11(15-10)8(6-14)5-12(16)17;11-6-1-2-7-9(10(6)12)5(4-13-7)3-8(14)15/h3-4,6-8,11-12,16,19H,2,5,9H2,1H3,(H,20,21);1-4,8,15H,5-6H2,(H,16,17);1-2,4,13H,3H2,(H,14,15). The van der Waals surface area contributed by atoms with Gasteiger partial charge in [-0.05, 0) is 81.8 Å². The van der Waals surface area contributed by atoms with Gasteiger partial charge in [-0.2, -0.15) is 0 Å². The Morgan fingerprint density at radius 1 is 0.811 bits per heavy atom. The zero-order valence-corrected chi connectivity index (χ0v) is 35.3. The van der Waals surface area contributed by atoms with E-state index >= 15 is 0 Å². The smallest absolute Gasteiger partial charge is 0.307 e. The van der Waals surface area contributed by atoms with Gasteiger partial charge in [-0.15, -0.1) is 23.2 Å². The Kier molecular flexibility index (Phi) is 16.2. The van der Waals surface area contributed by atoms with Gasteiger partial charge in [0, 0.05) is 76.4 Å². The number of halogens is 6. The molecule has 0 saturated heterocycles. The van der Waals surface area contributed by atoms with E-state index in [4.69, 9.17) is 45.0 Å². The molecular weight excluding hydrogens is 941 g/mol. The first-order chi connectivity index (χ1) is 25.2. The van der Waals surface area contributed by atoms with Gasteiger partial charge in [0.25, 0.3) is 0 Å². The topological polar surface area (TPSA) is 159 Å². The second kappa shape index (κ2) is 20.1. The van der Waals surface area contributed by atoms with Crippen molar-refractivity contribution in [1.29, 1.82) is 0 Å². The summed E-state index contributed by atoms with van der Waals surface area (Å²) in [7, 11) is 0. The number of rotatable bonds is 13. The molecule has 3 aromatic heterocycles. The first-order valence-electron chi connectivity index (χ1n) is 16.5. The van der Waals surface area contributed by atoms with E-state index in [2.05, 4.69) is 69.7 Å². The monoisotopic (exact) mass is 973 g/mol. The number of alkyl halides is 3. The molecule has 0 spiro atoms. The Bertz CT molecular complexity index is 2150. The van der Waals surface area contributed by atoms with Crippen LogP contribution in [-0.4, -0.2) is 64.3 Å². The number of para-hydroxylation sites is 1. The Balaban J connectivity index is 0.000000180. The summed E-state index contributed by atoms with van der Waals surface area (Å²) < 4.78 is 1.76. The van der Waals surface area contributed by atoms with E-state index in [-0.39, 0.29) is 41.3 Å². The second-order valence-corrected chi connectivity index (χ2v) is 16.5. The van der Waals surface area contributed by atoms with Crippen LogP contribution in [0.15, 0.2) is 81.9 Å². The minimum atomic E-state index is -0.869. The van der Waals surface area contributed by atoms with Gasteiger partial charge in [-0.3, -0.25) is 14.4 Å². The molecule has 0 aliphatic rings. The van der Waals surface area contributed by atoms with Crippen molar-refractivity contribution in [3.05, 3.63) is 104 Å². The minimum absolute atomic E-state index is 0.0206. The highest BCUT2D eigenvalue weighted by Gasteiger charge is 2.30. The summed E-state index contributed by atoms with van der Waals surface area (Å²) in [5, 5.41) is 29.9. The van der Waals surface area contributed by atoms with Gasteiger partial charge in [0.05, 0.1) is 29.7 Å². The van der Waals surface area contributed by atoms with E-state index in [0.717, 1.165) is 65.9 Å². The van der Waals surface area contributed by atoms with Gasteiger partial charge in [-0.25, -0.2) is 0 Å². The largest absolute Gasteiger partial charge is 0.481 e. The normalized spacial score (nSPS) is 13.4. The van der Waals surface area contributed by atoms with Crippen LogP contribution < -0.4 is 0 Å². The predicted molar refractivity (Wildman–Crippen MR) is 225 cm³/mol. The number of hydrogen-bond acceptors (Lipinski definition) is 3. The number of aromatic nitrogens is 3. The number of fused-ring (bicyclic) bond motifs is 3. The fraction of sp³-hybridized carbons (Fsp3) is 0.289. The number of benzene rings is 3. The third-order valence-electron chi connectivity index (χ3n) is 8.45. The third kappa shape index (κ3) is 11.7. The lowest BCUT2D eigenvalue weighted by atomic mass is 9.94. The maximum absolute atomic E-state index is 11.2. The van der Waals surface area contributed by atoms with Crippen molar-refractivity contribution in [3.63, 3.8) is 0 Å². The molecule has 282 valence electrons. The van der Waals surface area contributed by atoms with Crippen LogP contribution in [0.2, 0.25) is 5.02 Å². The zero-order valence-electron chi connectivity index (χ0n) is 28.3. The molecular formula is C38H37Br3Cl3N3O6. The summed E-state index contributed by atoms with van der Waals surface area (Å²) >= 11 is 28.8.